The fourth-order valence-electron chi connectivity index (χ4n) is 4.55. The quantitative estimate of drug-likeness (QED) is 0.164. The summed E-state index contributed by atoms with van der Waals surface area (Å²) < 4.78 is 50.1. The predicted octanol–water partition coefficient (Wildman–Crippen LogP) is 7.71. The predicted molar refractivity (Wildman–Crippen MR) is 154 cm³/mol. The number of alkyl halides is 3. The third kappa shape index (κ3) is 5.89. The van der Waals surface area contributed by atoms with E-state index in [-0.39, 0.29) is 11.8 Å². The molecule has 0 aliphatic rings. The van der Waals surface area contributed by atoms with Crippen molar-refractivity contribution in [2.24, 2.45) is 11.4 Å². The van der Waals surface area contributed by atoms with Crippen LogP contribution in [0.1, 0.15) is 16.7 Å². The van der Waals surface area contributed by atoms with Crippen molar-refractivity contribution in [2.45, 2.75) is 20.2 Å². The number of urea groups is 1. The van der Waals surface area contributed by atoms with Crippen molar-refractivity contribution in [3.05, 3.63) is 89.5 Å². The molecule has 0 saturated carbocycles. The molecule has 5 rings (SSSR count). The number of fused-ring (bicyclic) bond motifs is 3. The van der Waals surface area contributed by atoms with Gasteiger partial charge in [-0.25, -0.2) is 9.19 Å². The number of ether oxygens (including phenoxy) is 1. The number of amides is 2. The molecular weight excluding hydrogens is 539 g/mol. The SMILES string of the molecule is Cc1cccc(C)c1NC(=O)NSN=Cc1ccc2c(ccc3c(-c4ccc(OC(F)(F)F)cc4)n(C)nc32)c1. The number of nitrogens with one attached hydrogen (secondary N) is 2. The van der Waals surface area contributed by atoms with E-state index in [9.17, 15) is 18.0 Å². The molecule has 204 valence electrons. The lowest BCUT2D eigenvalue weighted by Crippen LogP contribution is -2.23. The standard InChI is InChI=1S/C29H24F3N5O2S/c1-17-5-4-6-18(2)25(17)34-28(38)36-40-33-16-19-7-13-23-21(15-19)10-14-24-26(23)35-37(3)27(24)20-8-11-22(12-9-20)39-29(30,31)32/h4-16H,1-3H3,(H2,34,36,38). The summed E-state index contributed by atoms with van der Waals surface area (Å²) in [5, 5.41) is 10.3. The van der Waals surface area contributed by atoms with Gasteiger partial charge in [0, 0.05) is 35.3 Å². The first-order valence-corrected chi connectivity index (χ1v) is 12.9. The van der Waals surface area contributed by atoms with Crippen molar-refractivity contribution in [3.63, 3.8) is 0 Å². The molecule has 0 bridgehead atoms. The van der Waals surface area contributed by atoms with Crippen molar-refractivity contribution in [2.75, 3.05) is 5.32 Å². The molecule has 7 nitrogen and oxygen atoms in total. The Bertz CT molecular complexity index is 1730. The minimum absolute atomic E-state index is 0.280. The van der Waals surface area contributed by atoms with Crippen LogP contribution in [-0.4, -0.2) is 28.4 Å². The first kappa shape index (κ1) is 27.1. The number of aryl methyl sites for hydroxylation is 3. The summed E-state index contributed by atoms with van der Waals surface area (Å²) in [6.07, 6.45) is -3.09. The second-order valence-corrected chi connectivity index (χ2v) is 9.73. The van der Waals surface area contributed by atoms with Crippen LogP contribution in [0.2, 0.25) is 0 Å². The molecular formula is C29H24F3N5O2S. The highest BCUT2D eigenvalue weighted by molar-refractivity contribution is 7.96. The fourth-order valence-corrected chi connectivity index (χ4v) is 4.91. The van der Waals surface area contributed by atoms with Gasteiger partial charge >= 0.3 is 12.4 Å². The van der Waals surface area contributed by atoms with Crippen molar-refractivity contribution >= 4 is 51.7 Å². The van der Waals surface area contributed by atoms with Gasteiger partial charge in [-0.05, 0) is 72.3 Å². The van der Waals surface area contributed by atoms with Crippen LogP contribution >= 0.6 is 12.1 Å². The number of rotatable bonds is 6. The summed E-state index contributed by atoms with van der Waals surface area (Å²) >= 11 is 0.922. The molecule has 1 aromatic heterocycles. The van der Waals surface area contributed by atoms with E-state index in [0.717, 1.165) is 61.9 Å². The molecule has 40 heavy (non-hydrogen) atoms. The number of aromatic nitrogens is 2. The lowest BCUT2D eigenvalue weighted by atomic mass is 10.0. The molecule has 0 atom stereocenters. The van der Waals surface area contributed by atoms with Crippen molar-refractivity contribution in [1.29, 1.82) is 0 Å². The number of carbonyl (C=O) groups excluding carboxylic acids is 1. The largest absolute Gasteiger partial charge is 0.573 e. The van der Waals surface area contributed by atoms with Crippen LogP contribution in [0, 0.1) is 13.8 Å². The number of hydrogen-bond acceptors (Lipinski definition) is 5. The summed E-state index contributed by atoms with van der Waals surface area (Å²) in [4.78, 5) is 12.3. The molecule has 0 aliphatic carbocycles. The maximum Gasteiger partial charge on any atom is 0.573 e. The molecule has 2 N–H and O–H groups in total. The molecule has 0 spiro atoms. The highest BCUT2D eigenvalue weighted by Crippen LogP contribution is 2.34. The second-order valence-electron chi connectivity index (χ2n) is 9.14. The van der Waals surface area contributed by atoms with Crippen molar-refractivity contribution in [1.82, 2.24) is 14.5 Å². The molecule has 0 radical (unpaired) electrons. The number of para-hydroxylation sites is 1. The number of halogens is 3. The number of benzene rings is 4. The van der Waals surface area contributed by atoms with E-state index in [4.69, 9.17) is 0 Å². The van der Waals surface area contributed by atoms with Crippen LogP contribution in [0.4, 0.5) is 23.7 Å². The van der Waals surface area contributed by atoms with E-state index >= 15 is 0 Å². The Hall–Kier alpha value is -4.51. The Kier molecular flexibility index (Phi) is 7.40. The van der Waals surface area contributed by atoms with Crippen LogP contribution in [0.3, 0.4) is 0 Å². The zero-order valence-corrected chi connectivity index (χ0v) is 22.5. The Morgan fingerprint density at radius 3 is 2.40 bits per heavy atom. The third-order valence-electron chi connectivity index (χ3n) is 6.32. The maximum absolute atomic E-state index is 12.5. The molecule has 5 aromatic rings. The minimum Gasteiger partial charge on any atom is -0.406 e. The van der Waals surface area contributed by atoms with Gasteiger partial charge in [-0.15, -0.1) is 13.2 Å². The maximum atomic E-state index is 12.5. The Morgan fingerprint density at radius 2 is 1.70 bits per heavy atom. The van der Waals surface area contributed by atoms with E-state index in [0.29, 0.717) is 5.56 Å². The van der Waals surface area contributed by atoms with Gasteiger partial charge in [-0.2, -0.15) is 5.10 Å². The monoisotopic (exact) mass is 563 g/mol. The van der Waals surface area contributed by atoms with Gasteiger partial charge in [0.05, 0.1) is 17.8 Å². The molecule has 2 amide bonds. The molecule has 1 heterocycles. The lowest BCUT2D eigenvalue weighted by Gasteiger charge is -2.10. The zero-order valence-electron chi connectivity index (χ0n) is 21.7. The van der Waals surface area contributed by atoms with Crippen LogP contribution in [0.15, 0.2) is 77.2 Å². The molecule has 0 aliphatic heterocycles. The van der Waals surface area contributed by atoms with Gasteiger partial charge in [-0.3, -0.25) is 9.40 Å². The van der Waals surface area contributed by atoms with Gasteiger partial charge in [0.25, 0.3) is 0 Å². The fraction of sp³-hybridized carbons (Fsp3) is 0.138. The molecule has 0 saturated heterocycles. The number of nitrogens with zero attached hydrogens (tertiary/aromatic N) is 3. The number of hydrogen-bond donors (Lipinski definition) is 2. The highest BCUT2D eigenvalue weighted by atomic mass is 32.2. The van der Waals surface area contributed by atoms with Gasteiger partial charge in [0.1, 0.15) is 11.3 Å². The summed E-state index contributed by atoms with van der Waals surface area (Å²) in [6.45, 7) is 3.86. The Morgan fingerprint density at radius 1 is 1.00 bits per heavy atom. The Balaban J connectivity index is 1.30. The van der Waals surface area contributed by atoms with E-state index in [1.165, 1.54) is 12.1 Å². The first-order chi connectivity index (χ1) is 19.1. The van der Waals surface area contributed by atoms with Crippen LogP contribution in [-0.2, 0) is 7.05 Å². The van der Waals surface area contributed by atoms with Gasteiger partial charge in [0.2, 0.25) is 0 Å². The van der Waals surface area contributed by atoms with E-state index in [1.807, 2.05) is 62.4 Å². The zero-order chi connectivity index (χ0) is 28.4. The summed E-state index contributed by atoms with van der Waals surface area (Å²) in [7, 11) is 1.79. The van der Waals surface area contributed by atoms with Crippen LogP contribution < -0.4 is 14.8 Å². The summed E-state index contributed by atoms with van der Waals surface area (Å²) in [5.41, 5.74) is 5.83. The number of carbonyl (C=O) groups is 1. The van der Waals surface area contributed by atoms with Crippen LogP contribution in [0.25, 0.3) is 32.9 Å². The highest BCUT2D eigenvalue weighted by Gasteiger charge is 2.31. The third-order valence-corrected chi connectivity index (χ3v) is 6.81. The lowest BCUT2D eigenvalue weighted by molar-refractivity contribution is -0.274. The summed E-state index contributed by atoms with van der Waals surface area (Å²) in [6, 6.07) is 20.9. The number of anilines is 1. The molecule has 0 fully saturated rings. The normalized spacial score (nSPS) is 11.8. The molecule has 4 aromatic carbocycles. The molecule has 11 heteroatoms. The Labute approximate surface area is 232 Å². The van der Waals surface area contributed by atoms with E-state index in [2.05, 4.69) is 24.3 Å². The van der Waals surface area contributed by atoms with Crippen molar-refractivity contribution in [3.8, 4) is 17.0 Å². The van der Waals surface area contributed by atoms with Crippen molar-refractivity contribution < 1.29 is 22.7 Å². The van der Waals surface area contributed by atoms with Gasteiger partial charge < -0.3 is 10.1 Å². The topological polar surface area (TPSA) is 80.5 Å². The average Bonchev–Trinajstić information content (AvgIpc) is 3.24. The smallest absolute Gasteiger partial charge is 0.406 e. The van der Waals surface area contributed by atoms with E-state index in [1.54, 1.807) is 30.1 Å². The second kappa shape index (κ2) is 10.9. The average molecular weight is 564 g/mol. The molecule has 0 unspecified atom stereocenters. The summed E-state index contributed by atoms with van der Waals surface area (Å²) in [5.74, 6) is -0.280. The van der Waals surface area contributed by atoms with Gasteiger partial charge in [-0.1, -0.05) is 36.4 Å². The van der Waals surface area contributed by atoms with Crippen LogP contribution in [0.5, 0.6) is 5.75 Å². The van der Waals surface area contributed by atoms with E-state index < -0.39 is 6.36 Å². The van der Waals surface area contributed by atoms with Gasteiger partial charge in [0.15, 0.2) is 0 Å². The minimum atomic E-state index is -4.74. The first-order valence-electron chi connectivity index (χ1n) is 12.2.